The molecule has 1 heterocycles. The van der Waals surface area contributed by atoms with Gasteiger partial charge in [-0.3, -0.25) is 14.8 Å². The van der Waals surface area contributed by atoms with Crippen LogP contribution in [0, 0.1) is 20.8 Å². The van der Waals surface area contributed by atoms with Crippen molar-refractivity contribution in [1.82, 2.24) is 0 Å². The monoisotopic (exact) mass is 407 g/mol. The van der Waals surface area contributed by atoms with Crippen LogP contribution in [0.3, 0.4) is 0 Å². The number of aryl methyl sites for hydroxylation is 3. The Morgan fingerprint density at radius 1 is 1.21 bits per heavy atom. The summed E-state index contributed by atoms with van der Waals surface area (Å²) in [6.07, 6.45) is 5.94. The molecule has 4 nitrogen and oxygen atoms in total. The normalized spacial score (nSPS) is 13.9. The van der Waals surface area contributed by atoms with Crippen molar-refractivity contribution in [2.75, 3.05) is 0 Å². The first-order chi connectivity index (χ1) is 11.4. The van der Waals surface area contributed by atoms with Gasteiger partial charge in [-0.1, -0.05) is 23.8 Å². The van der Waals surface area contributed by atoms with Gasteiger partial charge >= 0.3 is 33.3 Å². The molecule has 1 aromatic carbocycles. The number of hydrogen-bond donors (Lipinski definition) is 0. The van der Waals surface area contributed by atoms with Crippen LogP contribution >= 0.6 is 20.2 Å². The fourth-order valence-corrected chi connectivity index (χ4v) is 2.30. The van der Waals surface area contributed by atoms with Gasteiger partial charge in [-0.15, -0.1) is 0 Å². The number of halogens is 2. The summed E-state index contributed by atoms with van der Waals surface area (Å²) in [5.74, 6) is -0.217. The third-order valence-electron chi connectivity index (χ3n) is 3.15. The molecule has 0 aromatic heterocycles. The number of nitrogens with zero attached hydrogens (tertiary/aromatic N) is 3. The predicted octanol–water partition coefficient (Wildman–Crippen LogP) is 5.04. The zero-order valence-electron chi connectivity index (χ0n) is 14.0. The molecule has 0 spiro atoms. The number of amides is 1. The van der Waals surface area contributed by atoms with Crippen molar-refractivity contribution in [3.05, 3.63) is 40.6 Å². The Morgan fingerprint density at radius 3 is 2.33 bits per heavy atom. The van der Waals surface area contributed by atoms with Crippen LogP contribution in [-0.2, 0) is 17.9 Å². The van der Waals surface area contributed by atoms with Gasteiger partial charge in [0.25, 0.3) is 0 Å². The topological polar surface area (TPSA) is 54.1 Å². The molecule has 0 bridgehead atoms. The third-order valence-corrected chi connectivity index (χ3v) is 3.15. The Kier molecular flexibility index (Phi) is 9.16. The van der Waals surface area contributed by atoms with Gasteiger partial charge in [0, 0.05) is 13.3 Å². The van der Waals surface area contributed by atoms with Crippen molar-refractivity contribution < 1.29 is 17.9 Å². The molecule has 1 aliphatic rings. The van der Waals surface area contributed by atoms with E-state index in [1.807, 2.05) is 6.08 Å². The molecule has 0 radical (unpaired) electrons. The summed E-state index contributed by atoms with van der Waals surface area (Å²) in [6, 6.07) is 4.24. The molecule has 0 N–H and O–H groups in total. The molecule has 0 atom stereocenters. The quantitative estimate of drug-likeness (QED) is 0.511. The number of aliphatic imine (C=N–C) groups is 3. The van der Waals surface area contributed by atoms with Crippen molar-refractivity contribution in [1.29, 1.82) is 0 Å². The van der Waals surface area contributed by atoms with Crippen LogP contribution < -0.4 is 0 Å². The zero-order chi connectivity index (χ0) is 18.1. The van der Waals surface area contributed by atoms with E-state index < -0.39 is 0 Å². The van der Waals surface area contributed by atoms with Crippen molar-refractivity contribution in [2.24, 2.45) is 15.0 Å². The van der Waals surface area contributed by atoms with E-state index in [1.54, 1.807) is 6.21 Å². The summed E-state index contributed by atoms with van der Waals surface area (Å²) in [5.41, 5.74) is 6.13. The van der Waals surface area contributed by atoms with Gasteiger partial charge in [0.05, 0.1) is 29.5 Å². The summed E-state index contributed by atoms with van der Waals surface area (Å²) in [6.45, 7) is 7.62. The second-order valence-electron chi connectivity index (χ2n) is 5.27. The number of rotatable bonds is 3. The minimum absolute atomic E-state index is 0.194. The maximum atomic E-state index is 10.8. The van der Waals surface area contributed by atoms with Gasteiger partial charge in [0.15, 0.2) is 0 Å². The molecule has 1 aliphatic heterocycles. The molecule has 1 amide bonds. The number of benzene rings is 1. The average molecular weight is 408 g/mol. The third kappa shape index (κ3) is 7.10. The Bertz CT molecular complexity index is 702. The molecular weight excluding hydrogens is 389 g/mol. The van der Waals surface area contributed by atoms with Crippen molar-refractivity contribution in [2.45, 2.75) is 34.1 Å². The second kappa shape index (κ2) is 10.6. The summed E-state index contributed by atoms with van der Waals surface area (Å²) >= 11 is 0.194. The molecule has 2 rings (SSSR count). The van der Waals surface area contributed by atoms with Gasteiger partial charge < -0.3 is 0 Å². The van der Waals surface area contributed by atoms with E-state index in [9.17, 15) is 4.79 Å². The molecule has 0 fully saturated rings. The Hall–Kier alpha value is -1.26. The predicted molar refractivity (Wildman–Crippen MR) is 99.8 cm³/mol. The fraction of sp³-hybridized carbons (Fsp3) is 0.294. The fourth-order valence-electron chi connectivity index (χ4n) is 2.30. The van der Waals surface area contributed by atoms with Crippen LogP contribution in [-0.4, -0.2) is 24.0 Å². The molecule has 0 aliphatic carbocycles. The van der Waals surface area contributed by atoms with E-state index in [0.717, 1.165) is 28.2 Å². The van der Waals surface area contributed by atoms with Gasteiger partial charge in [-0.2, -0.15) is 0 Å². The zero-order valence-corrected chi connectivity index (χ0v) is 16.6. The molecule has 7 heteroatoms. The standard InChI is InChI=1S/C17H19N3O.2ClH.Fe/c1-11-7-12(2)17(13(3)8-11)19-10-16-6-5-15(20-16)9-18-14(4)21;;;/h6-10H,5H2,1-4H3;2*1H;/q;;;+2/p-2. The van der Waals surface area contributed by atoms with Crippen LogP contribution in [0.1, 0.15) is 30.0 Å². The summed E-state index contributed by atoms with van der Waals surface area (Å²) in [5, 5.41) is 0. The van der Waals surface area contributed by atoms with Crippen LogP contribution in [0.5, 0.6) is 0 Å². The first-order valence-corrected chi connectivity index (χ1v) is 10.2. The number of carbonyl (C=O) groups is 1. The van der Waals surface area contributed by atoms with Crippen LogP contribution in [0.4, 0.5) is 5.69 Å². The first kappa shape index (κ1) is 20.8. The maximum absolute atomic E-state index is 10.8. The first-order valence-electron chi connectivity index (χ1n) is 7.16. The summed E-state index contributed by atoms with van der Waals surface area (Å²) < 4.78 is 0. The van der Waals surface area contributed by atoms with Gasteiger partial charge in [0.1, 0.15) is 0 Å². The SMILES string of the molecule is CC(=O)N=CC1=NC(C=Nc2c(C)cc(C)cc2C)=CC1.[Cl][Fe][Cl]. The van der Waals surface area contributed by atoms with Gasteiger partial charge in [-0.05, 0) is 31.9 Å². The average Bonchev–Trinajstić information content (AvgIpc) is 2.93. The number of allylic oxidation sites excluding steroid dienone is 2. The molecular formula is C17H19Cl2FeN3O. The summed E-state index contributed by atoms with van der Waals surface area (Å²) in [4.78, 5) is 23.4. The molecule has 0 unspecified atom stereocenters. The van der Waals surface area contributed by atoms with E-state index in [-0.39, 0.29) is 19.0 Å². The van der Waals surface area contributed by atoms with Gasteiger partial charge in [-0.25, -0.2) is 4.99 Å². The van der Waals surface area contributed by atoms with E-state index in [2.05, 4.69) is 47.9 Å². The molecule has 0 saturated heterocycles. The van der Waals surface area contributed by atoms with Crippen molar-refractivity contribution in [3.8, 4) is 0 Å². The van der Waals surface area contributed by atoms with Crippen molar-refractivity contribution in [3.63, 3.8) is 0 Å². The second-order valence-corrected chi connectivity index (χ2v) is 7.09. The van der Waals surface area contributed by atoms with E-state index >= 15 is 0 Å². The van der Waals surface area contributed by atoms with Gasteiger partial charge in [0.2, 0.25) is 5.91 Å². The van der Waals surface area contributed by atoms with Crippen LogP contribution in [0.25, 0.3) is 0 Å². The molecule has 24 heavy (non-hydrogen) atoms. The van der Waals surface area contributed by atoms with E-state index in [4.69, 9.17) is 20.2 Å². The van der Waals surface area contributed by atoms with E-state index in [1.165, 1.54) is 18.7 Å². The minimum atomic E-state index is -0.217. The molecule has 130 valence electrons. The molecule has 0 saturated carbocycles. The van der Waals surface area contributed by atoms with Crippen molar-refractivity contribution >= 4 is 49.9 Å². The number of hydrogen-bond acceptors (Lipinski definition) is 3. The molecule has 1 aromatic rings. The summed E-state index contributed by atoms with van der Waals surface area (Å²) in [7, 11) is 9.53. The number of carbonyl (C=O) groups excluding carboxylic acids is 1. The van der Waals surface area contributed by atoms with Crippen LogP contribution in [0.15, 0.2) is 38.9 Å². The Labute approximate surface area is 157 Å². The van der Waals surface area contributed by atoms with Crippen LogP contribution in [0.2, 0.25) is 0 Å². The Balaban J connectivity index is 0.000000891. The van der Waals surface area contributed by atoms with E-state index in [0.29, 0.717) is 6.42 Å². The Morgan fingerprint density at radius 2 is 1.79 bits per heavy atom.